The topological polar surface area (TPSA) is 81.1 Å². The van der Waals surface area contributed by atoms with Crippen LogP contribution in [0.25, 0.3) is 0 Å². The second kappa shape index (κ2) is 4.63. The lowest BCUT2D eigenvalue weighted by molar-refractivity contribution is 0.222. The van der Waals surface area contributed by atoms with E-state index < -0.39 is 0 Å². The van der Waals surface area contributed by atoms with Crippen LogP contribution in [0.1, 0.15) is 39.5 Å². The SMILES string of the molecule is CN(c1cc(N)nc(N)n1)C1CCC(C)(C)CC1. The predicted molar refractivity (Wildman–Crippen MR) is 75.3 cm³/mol. The van der Waals surface area contributed by atoms with Crippen molar-refractivity contribution in [2.24, 2.45) is 5.41 Å². The predicted octanol–water partition coefficient (Wildman–Crippen LogP) is 2.05. The van der Waals surface area contributed by atoms with Gasteiger partial charge in [0.2, 0.25) is 5.95 Å². The molecule has 18 heavy (non-hydrogen) atoms. The van der Waals surface area contributed by atoms with Crippen molar-refractivity contribution >= 4 is 17.6 Å². The molecule has 0 unspecified atom stereocenters. The Morgan fingerprint density at radius 3 is 2.39 bits per heavy atom. The Morgan fingerprint density at radius 1 is 1.22 bits per heavy atom. The number of hydrogen-bond acceptors (Lipinski definition) is 5. The summed E-state index contributed by atoms with van der Waals surface area (Å²) in [5, 5.41) is 0. The summed E-state index contributed by atoms with van der Waals surface area (Å²) in [7, 11) is 2.06. The van der Waals surface area contributed by atoms with E-state index in [1.54, 1.807) is 6.07 Å². The van der Waals surface area contributed by atoms with E-state index in [0.29, 0.717) is 17.3 Å². The maximum atomic E-state index is 5.71. The van der Waals surface area contributed by atoms with Crippen LogP contribution < -0.4 is 16.4 Å². The van der Waals surface area contributed by atoms with Crippen molar-refractivity contribution in [3.63, 3.8) is 0 Å². The zero-order valence-corrected chi connectivity index (χ0v) is 11.5. The molecular formula is C13H23N5. The molecule has 0 amide bonds. The van der Waals surface area contributed by atoms with Gasteiger partial charge in [0.15, 0.2) is 0 Å². The molecule has 1 heterocycles. The Balaban J connectivity index is 2.09. The average Bonchev–Trinajstić information content (AvgIpc) is 2.27. The molecule has 1 aromatic rings. The quantitative estimate of drug-likeness (QED) is 0.838. The average molecular weight is 249 g/mol. The highest BCUT2D eigenvalue weighted by atomic mass is 15.2. The molecule has 0 aromatic carbocycles. The molecule has 1 aliphatic carbocycles. The summed E-state index contributed by atoms with van der Waals surface area (Å²) in [5.74, 6) is 1.50. The van der Waals surface area contributed by atoms with Crippen molar-refractivity contribution in [2.75, 3.05) is 23.4 Å². The number of nitrogen functional groups attached to an aromatic ring is 2. The first-order chi connectivity index (χ1) is 8.37. The van der Waals surface area contributed by atoms with Gasteiger partial charge < -0.3 is 16.4 Å². The first-order valence-corrected chi connectivity index (χ1v) is 6.50. The fraction of sp³-hybridized carbons (Fsp3) is 0.692. The van der Waals surface area contributed by atoms with Crippen LogP contribution in [-0.4, -0.2) is 23.1 Å². The van der Waals surface area contributed by atoms with Crippen LogP contribution in [-0.2, 0) is 0 Å². The van der Waals surface area contributed by atoms with E-state index >= 15 is 0 Å². The van der Waals surface area contributed by atoms with Gasteiger partial charge in [-0.15, -0.1) is 0 Å². The minimum atomic E-state index is 0.244. The molecule has 0 radical (unpaired) electrons. The molecular weight excluding hydrogens is 226 g/mol. The van der Waals surface area contributed by atoms with Crippen molar-refractivity contribution in [1.82, 2.24) is 9.97 Å². The number of aromatic nitrogens is 2. The van der Waals surface area contributed by atoms with Crippen LogP contribution in [0.5, 0.6) is 0 Å². The largest absolute Gasteiger partial charge is 0.383 e. The standard InChI is InChI=1S/C13H23N5/c1-13(2)6-4-9(5-7-13)18(3)11-8-10(14)16-12(15)17-11/h8-9H,4-7H2,1-3H3,(H4,14,15,16,17). The number of anilines is 3. The van der Waals surface area contributed by atoms with Gasteiger partial charge in [-0.1, -0.05) is 13.8 Å². The highest BCUT2D eigenvalue weighted by Crippen LogP contribution is 2.37. The van der Waals surface area contributed by atoms with Crippen molar-refractivity contribution in [3.8, 4) is 0 Å². The van der Waals surface area contributed by atoms with Crippen LogP contribution in [0.2, 0.25) is 0 Å². The smallest absolute Gasteiger partial charge is 0.223 e. The van der Waals surface area contributed by atoms with Crippen LogP contribution in [0.15, 0.2) is 6.07 Å². The molecule has 5 heteroatoms. The molecule has 2 rings (SSSR count). The third-order valence-electron chi connectivity index (χ3n) is 3.97. The third-order valence-corrected chi connectivity index (χ3v) is 3.97. The molecule has 1 saturated carbocycles. The van der Waals surface area contributed by atoms with Gasteiger partial charge >= 0.3 is 0 Å². The maximum Gasteiger partial charge on any atom is 0.223 e. The van der Waals surface area contributed by atoms with Crippen molar-refractivity contribution in [2.45, 2.75) is 45.6 Å². The van der Waals surface area contributed by atoms with Gasteiger partial charge in [-0.2, -0.15) is 9.97 Å². The third kappa shape index (κ3) is 2.83. The van der Waals surface area contributed by atoms with E-state index in [4.69, 9.17) is 11.5 Å². The minimum Gasteiger partial charge on any atom is -0.383 e. The van der Waals surface area contributed by atoms with E-state index in [2.05, 4.69) is 35.8 Å². The molecule has 0 bridgehead atoms. The molecule has 0 atom stereocenters. The van der Waals surface area contributed by atoms with Crippen LogP contribution >= 0.6 is 0 Å². The summed E-state index contributed by atoms with van der Waals surface area (Å²) in [6, 6.07) is 2.31. The molecule has 0 aliphatic heterocycles. The number of hydrogen-bond donors (Lipinski definition) is 2. The Labute approximate surface area is 109 Å². The first-order valence-electron chi connectivity index (χ1n) is 6.50. The Hall–Kier alpha value is -1.52. The molecule has 1 aromatic heterocycles. The van der Waals surface area contributed by atoms with Crippen molar-refractivity contribution < 1.29 is 0 Å². The fourth-order valence-corrected chi connectivity index (χ4v) is 2.61. The van der Waals surface area contributed by atoms with E-state index in [0.717, 1.165) is 5.82 Å². The summed E-state index contributed by atoms with van der Waals surface area (Å²) < 4.78 is 0. The molecule has 0 spiro atoms. The lowest BCUT2D eigenvalue weighted by Crippen LogP contribution is -2.37. The summed E-state index contributed by atoms with van der Waals surface area (Å²) in [5.41, 5.74) is 11.8. The Bertz CT molecular complexity index is 399. The highest BCUT2D eigenvalue weighted by Gasteiger charge is 2.29. The van der Waals surface area contributed by atoms with Gasteiger partial charge in [0.05, 0.1) is 0 Å². The fourth-order valence-electron chi connectivity index (χ4n) is 2.61. The van der Waals surface area contributed by atoms with Crippen LogP contribution in [0.4, 0.5) is 17.6 Å². The van der Waals surface area contributed by atoms with E-state index in [1.165, 1.54) is 25.7 Å². The van der Waals surface area contributed by atoms with Gasteiger partial charge in [-0.05, 0) is 31.1 Å². The lowest BCUT2D eigenvalue weighted by atomic mass is 9.75. The number of nitrogens with two attached hydrogens (primary N) is 2. The monoisotopic (exact) mass is 249 g/mol. The van der Waals surface area contributed by atoms with Crippen molar-refractivity contribution in [3.05, 3.63) is 6.07 Å². The first kappa shape index (κ1) is 12.9. The highest BCUT2D eigenvalue weighted by molar-refractivity contribution is 5.50. The lowest BCUT2D eigenvalue weighted by Gasteiger charge is -2.39. The molecule has 1 aliphatic rings. The zero-order valence-electron chi connectivity index (χ0n) is 11.5. The summed E-state index contributed by atoms with van der Waals surface area (Å²) >= 11 is 0. The Kier molecular flexibility index (Phi) is 3.32. The summed E-state index contributed by atoms with van der Waals surface area (Å²) in [6.07, 6.45) is 4.87. The summed E-state index contributed by atoms with van der Waals surface area (Å²) in [4.78, 5) is 10.3. The minimum absolute atomic E-state index is 0.244. The van der Waals surface area contributed by atoms with Gasteiger partial charge in [0, 0.05) is 19.2 Å². The molecule has 0 saturated heterocycles. The summed E-state index contributed by atoms with van der Waals surface area (Å²) in [6.45, 7) is 4.67. The van der Waals surface area contributed by atoms with Crippen LogP contribution in [0.3, 0.4) is 0 Å². The number of nitrogens with zero attached hydrogens (tertiary/aromatic N) is 3. The van der Waals surface area contributed by atoms with Crippen LogP contribution in [0, 0.1) is 5.41 Å². The second-order valence-corrected chi connectivity index (χ2v) is 6.02. The van der Waals surface area contributed by atoms with Gasteiger partial charge in [0.25, 0.3) is 0 Å². The van der Waals surface area contributed by atoms with E-state index in [-0.39, 0.29) is 5.95 Å². The molecule has 5 nitrogen and oxygen atoms in total. The number of rotatable bonds is 2. The van der Waals surface area contributed by atoms with Crippen molar-refractivity contribution in [1.29, 1.82) is 0 Å². The molecule has 100 valence electrons. The molecule has 4 N–H and O–H groups in total. The Morgan fingerprint density at radius 2 is 1.83 bits per heavy atom. The van der Waals surface area contributed by atoms with E-state index in [9.17, 15) is 0 Å². The van der Waals surface area contributed by atoms with Gasteiger partial charge in [-0.3, -0.25) is 0 Å². The van der Waals surface area contributed by atoms with E-state index in [1.807, 2.05) is 0 Å². The zero-order chi connectivity index (χ0) is 13.3. The van der Waals surface area contributed by atoms with Gasteiger partial charge in [0.1, 0.15) is 11.6 Å². The van der Waals surface area contributed by atoms with Gasteiger partial charge in [-0.25, -0.2) is 0 Å². The maximum absolute atomic E-state index is 5.71. The second-order valence-electron chi connectivity index (χ2n) is 6.02. The normalized spacial score (nSPS) is 19.7. The molecule has 1 fully saturated rings.